The van der Waals surface area contributed by atoms with Gasteiger partial charge < -0.3 is 81.7 Å². The number of esters is 2. The van der Waals surface area contributed by atoms with Gasteiger partial charge in [0.05, 0.1) is 102 Å². The van der Waals surface area contributed by atoms with Gasteiger partial charge in [0.15, 0.2) is 0 Å². The van der Waals surface area contributed by atoms with Crippen molar-refractivity contribution in [2.24, 2.45) is 0 Å². The Bertz CT molecular complexity index is 2400. The zero-order valence-corrected chi connectivity index (χ0v) is 49.2. The quantitative estimate of drug-likeness (QED) is 0.0920. The lowest BCUT2D eigenvalue weighted by atomic mass is 9.76. The highest BCUT2D eigenvalue weighted by Gasteiger charge is 2.63. The minimum absolute atomic E-state index is 0.00628. The second-order valence-electron chi connectivity index (χ2n) is 25.2. The van der Waals surface area contributed by atoms with Crippen molar-refractivity contribution in [1.82, 2.24) is 0 Å². The number of carbonyl (C=O) groups excluding carboxylic acids is 2. The van der Waals surface area contributed by atoms with Gasteiger partial charge in [-0.15, -0.1) is 0 Å². The number of carbonyl (C=O) groups is 2. The van der Waals surface area contributed by atoms with E-state index in [1.165, 1.54) is 13.8 Å². The predicted octanol–water partition coefficient (Wildman–Crippen LogP) is 8.18. The number of ether oxygens (including phenoxy) is 11. The van der Waals surface area contributed by atoms with Crippen molar-refractivity contribution in [3.8, 4) is 0 Å². The largest absolute Gasteiger partial charge is 0.459 e. The van der Waals surface area contributed by atoms with Crippen LogP contribution < -0.4 is 0 Å². The fourth-order valence-corrected chi connectivity index (χ4v) is 16.1. The molecule has 9 aliphatic heterocycles. The maximum atomic E-state index is 11.3. The summed E-state index contributed by atoms with van der Waals surface area (Å²) in [5.74, 6) is -0.558. The molecule has 9 heterocycles. The Hall–Kier alpha value is -3.32. The van der Waals surface area contributed by atoms with E-state index in [2.05, 4.69) is 42.2 Å². The fourth-order valence-electron chi connectivity index (χ4n) is 15.1. The Morgan fingerprint density at radius 1 is 0.575 bits per heavy atom. The summed E-state index contributed by atoms with van der Waals surface area (Å²) in [5, 5.41) is 19.8. The average molecular weight is 1180 g/mol. The molecule has 0 radical (unpaired) electrons. The molecule has 20 heteroatoms. The highest BCUT2D eigenvalue weighted by molar-refractivity contribution is 9.09. The molecule has 2 N–H and O–H groups in total. The Labute approximate surface area is 481 Å². The third-order valence-electron chi connectivity index (χ3n) is 19.0. The number of hydrogen-bond acceptors (Lipinski definition) is 15. The molecule has 11 fully saturated rings. The monoisotopic (exact) mass is 1180 g/mol. The number of rotatable bonds is 10. The molecule has 0 amide bonds. The van der Waals surface area contributed by atoms with E-state index < -0.39 is 17.8 Å². The van der Waals surface area contributed by atoms with Gasteiger partial charge in [0.1, 0.15) is 35.6 Å². The van der Waals surface area contributed by atoms with E-state index in [1.54, 1.807) is 0 Å². The first-order valence-electron chi connectivity index (χ1n) is 29.6. The first-order chi connectivity index (χ1) is 38.1. The van der Waals surface area contributed by atoms with Crippen LogP contribution in [0.3, 0.4) is 0 Å². The zero-order valence-electron chi connectivity index (χ0n) is 47.7. The topological polar surface area (TPSA) is 194 Å². The van der Waals surface area contributed by atoms with Crippen LogP contribution in [-0.2, 0) is 61.7 Å². The molecular weight excluding hydrogens is 1100 g/mol. The first-order valence-corrected chi connectivity index (χ1v) is 30.5. The number of alkyl halides is 1. The van der Waals surface area contributed by atoms with Crippen LogP contribution in [0, 0.1) is 26.3 Å². The molecule has 2 saturated carbocycles. The number of nitrogens with zero attached hydrogens (tertiary/aromatic N) is 4. The lowest BCUT2D eigenvalue weighted by Gasteiger charge is -2.45. The third-order valence-corrected chi connectivity index (χ3v) is 19.8. The van der Waals surface area contributed by atoms with E-state index in [9.17, 15) is 19.8 Å². The normalized spacial score (nSPS) is 46.1. The van der Waals surface area contributed by atoms with Gasteiger partial charge in [-0.05, 0) is 70.8 Å². The number of hydrogen-bond donors (Lipinski definition) is 2. The summed E-state index contributed by atoms with van der Waals surface area (Å²) in [4.78, 5) is 36.7. The highest BCUT2D eigenvalue weighted by atomic mass is 79.9. The van der Waals surface area contributed by atoms with Crippen LogP contribution in [0.4, 0.5) is 0 Å². The molecule has 4 spiro atoms. The minimum Gasteiger partial charge on any atom is -0.459 e. The van der Waals surface area contributed by atoms with Crippen LogP contribution in [0.1, 0.15) is 164 Å². The van der Waals surface area contributed by atoms with Crippen LogP contribution >= 0.6 is 15.9 Å². The molecule has 442 valence electrons. The van der Waals surface area contributed by atoms with Gasteiger partial charge in [0.2, 0.25) is 24.2 Å². The average Bonchev–Trinajstić information content (AvgIpc) is 4.20. The van der Waals surface area contributed by atoms with Crippen molar-refractivity contribution < 1.29 is 71.9 Å². The lowest BCUT2D eigenvalue weighted by Crippen LogP contribution is -2.54. The smallest absolute Gasteiger partial charge is 0.303 e. The van der Waals surface area contributed by atoms with Gasteiger partial charge in [-0.25, -0.2) is 26.3 Å². The Morgan fingerprint density at radius 3 is 1.55 bits per heavy atom. The van der Waals surface area contributed by atoms with E-state index in [1.807, 2.05) is 39.8 Å². The van der Waals surface area contributed by atoms with Gasteiger partial charge in [0.25, 0.3) is 0 Å². The molecule has 1 unspecified atom stereocenters. The molecule has 26 atom stereocenters. The number of halogens is 1. The fraction of sp³-hybridized carbons (Fsp3) is 0.867. The summed E-state index contributed by atoms with van der Waals surface area (Å²) in [6, 6.07) is -0.00433. The zero-order chi connectivity index (χ0) is 57.3. The molecule has 12 aliphatic rings. The lowest BCUT2D eigenvalue weighted by molar-refractivity contribution is -0.190. The summed E-state index contributed by atoms with van der Waals surface area (Å²) < 4.78 is 65.9. The van der Waals surface area contributed by atoms with Crippen molar-refractivity contribution in [3.63, 3.8) is 0 Å². The minimum atomic E-state index is -0.791. The van der Waals surface area contributed by atoms with Gasteiger partial charge >= 0.3 is 11.9 Å². The van der Waals surface area contributed by atoms with Crippen LogP contribution in [0.25, 0.3) is 19.4 Å². The standard InChI is InChI=1S/C16H22BrNO4.C16H21NO4.C14H21NO4.C14H21NO3/c1-9(18-3)6-11-4-5-14-16(22-11)7-12(17)15(20-10(2)19)13(8-16)21-14;1-10(17-3)8-12-4-5-15-16(21-12)7-6-13(19-11(2)18)14(9-16)20-15;1-8(15-2)5-9-3-4-12-14(19-9)6-10(16)13(17)11(7-14)18-12;1-9(15-3)6-11-4-5-13-14(18-11)7-12(17-13)10(2)16-8-14/h9,11-15H,4-8H2,1-2H3;6-7,10,12-15H,4-5,8-9H2,1-2H3;8-13,16-17H,3-7H2,1H3;9-13H,4-8H2,1-2H3/t9-,11-,12+,13-,14+,15-,16+;10-,12-,13-,14-,15+,16+;8-,9-,10-,11-,12+,13-,14+;9-,10?,11-,12-,13+,14-/m1111/s1. The predicted molar refractivity (Wildman–Crippen MR) is 293 cm³/mol. The second kappa shape index (κ2) is 25.5. The maximum absolute atomic E-state index is 11.3. The number of aliphatic hydroxyl groups is 2. The van der Waals surface area contributed by atoms with Gasteiger partial charge in [-0.3, -0.25) is 9.59 Å². The van der Waals surface area contributed by atoms with Crippen molar-refractivity contribution in [3.05, 3.63) is 57.8 Å². The number of fused-ring (bicyclic) bond motifs is 4. The Morgan fingerprint density at radius 2 is 1.01 bits per heavy atom. The van der Waals surface area contributed by atoms with Gasteiger partial charge in [-0.2, -0.15) is 0 Å². The molecule has 19 nitrogen and oxygen atoms in total. The molecule has 0 aromatic heterocycles. The second-order valence-corrected chi connectivity index (χ2v) is 26.4. The Balaban J connectivity index is 0.000000129. The van der Waals surface area contributed by atoms with E-state index in [-0.39, 0.29) is 149 Å². The SMILES string of the molecule is [C-]#[N+][C@H](C)C[C@H]1CC[C@@H]2O[C@@H]3C[C@]2(C=C[C@H]3OC(C)=O)O1.[C-]#[N+][C@H](C)C[C@H]1CC[C@@H]2O[C@@H]3C[C@]2(COC3C)O1.[C-]#[N+][C@H](C)C[C@H]1CC[C@@H]2O[C@@H]3C[C@]2(C[C@@H](O)[C@H]3O)O1.[C-]#[N+][C@H](C)C[C@H]1CC[C@@H]2O[C@@H]3C[C@]2(C[C@H](Br)[C@H]3OC(C)=O)O1. The van der Waals surface area contributed by atoms with Crippen molar-refractivity contribution in [1.29, 1.82) is 0 Å². The van der Waals surface area contributed by atoms with Crippen LogP contribution in [-0.4, -0.2) is 184 Å². The Kier molecular flexibility index (Phi) is 19.5. The summed E-state index contributed by atoms with van der Waals surface area (Å²) in [6.45, 7) is 41.6. The molecule has 0 aromatic carbocycles. The van der Waals surface area contributed by atoms with Crippen molar-refractivity contribution in [2.45, 2.75) is 319 Å². The molecular formula is C60H85BrN4O15. The molecule has 12 rings (SSSR count). The molecule has 3 aliphatic carbocycles. The van der Waals surface area contributed by atoms with Gasteiger partial charge in [0, 0.05) is 99.3 Å². The van der Waals surface area contributed by atoms with E-state index >= 15 is 0 Å². The van der Waals surface area contributed by atoms with E-state index in [0.717, 1.165) is 103 Å². The summed E-state index contributed by atoms with van der Waals surface area (Å²) >= 11 is 3.66. The highest BCUT2D eigenvalue weighted by Crippen LogP contribution is 2.54. The van der Waals surface area contributed by atoms with Gasteiger partial charge in [-0.1, -0.05) is 22.0 Å². The molecule has 80 heavy (non-hydrogen) atoms. The molecule has 8 bridgehead atoms. The van der Waals surface area contributed by atoms with Crippen LogP contribution in [0.2, 0.25) is 0 Å². The van der Waals surface area contributed by atoms with Crippen LogP contribution in [0.5, 0.6) is 0 Å². The summed E-state index contributed by atoms with van der Waals surface area (Å²) in [6.07, 6.45) is 17.6. The van der Waals surface area contributed by atoms with Crippen molar-refractivity contribution >= 4 is 27.9 Å². The molecule has 9 saturated heterocycles. The molecule has 0 aromatic rings. The van der Waals surface area contributed by atoms with Crippen LogP contribution in [0.15, 0.2) is 12.2 Å². The third kappa shape index (κ3) is 13.3. The number of aliphatic hydroxyl groups excluding tert-OH is 2. The van der Waals surface area contributed by atoms with Crippen molar-refractivity contribution in [2.75, 3.05) is 6.61 Å². The summed E-state index contributed by atoms with van der Waals surface area (Å²) in [5.41, 5.74) is -1.32. The van der Waals surface area contributed by atoms with E-state index in [0.29, 0.717) is 19.4 Å². The maximum Gasteiger partial charge on any atom is 0.303 e. The first kappa shape index (κ1) is 61.2. The summed E-state index contributed by atoms with van der Waals surface area (Å²) in [7, 11) is 0. The van der Waals surface area contributed by atoms with E-state index in [4.69, 9.17) is 78.4 Å².